The highest BCUT2D eigenvalue weighted by Gasteiger charge is 2.19. The Bertz CT molecular complexity index is 824. The number of hydrogen-bond donors (Lipinski definition) is 2. The van der Waals surface area contributed by atoms with Gasteiger partial charge in [0.05, 0.1) is 23.9 Å². The molecule has 8 heteroatoms. The minimum absolute atomic E-state index is 0.226. The molecule has 1 aromatic heterocycles. The molecular formula is C16H14ClN5O2. The molecule has 0 aliphatic heterocycles. The van der Waals surface area contributed by atoms with Gasteiger partial charge in [0.15, 0.2) is 0 Å². The van der Waals surface area contributed by atoms with E-state index >= 15 is 0 Å². The third-order valence-corrected chi connectivity index (χ3v) is 3.72. The lowest BCUT2D eigenvalue weighted by Crippen LogP contribution is -2.31. The van der Waals surface area contributed by atoms with E-state index in [9.17, 15) is 9.90 Å². The number of nitrogens with one attached hydrogen (secondary N) is 1. The summed E-state index contributed by atoms with van der Waals surface area (Å²) in [7, 11) is 0. The number of rotatable bonds is 5. The van der Waals surface area contributed by atoms with E-state index in [1.54, 1.807) is 12.1 Å². The van der Waals surface area contributed by atoms with Gasteiger partial charge in [-0.05, 0) is 34.2 Å². The molecule has 3 rings (SSSR count). The molecule has 0 aliphatic rings. The smallest absolute Gasteiger partial charge is 0.254 e. The van der Waals surface area contributed by atoms with Crippen LogP contribution in [0.15, 0.2) is 54.9 Å². The average molecular weight is 344 g/mol. The van der Waals surface area contributed by atoms with E-state index in [2.05, 4.69) is 20.8 Å². The van der Waals surface area contributed by atoms with Gasteiger partial charge in [0, 0.05) is 5.02 Å². The summed E-state index contributed by atoms with van der Waals surface area (Å²) in [5, 5.41) is 23.8. The molecule has 0 aliphatic carbocycles. The molecule has 0 radical (unpaired) electrons. The van der Waals surface area contributed by atoms with Crippen molar-refractivity contribution in [3.63, 3.8) is 0 Å². The Balaban J connectivity index is 1.91. The maximum atomic E-state index is 12.7. The first-order valence-corrected chi connectivity index (χ1v) is 7.56. The van der Waals surface area contributed by atoms with Gasteiger partial charge in [-0.1, -0.05) is 41.9 Å². The van der Waals surface area contributed by atoms with Gasteiger partial charge in [0.25, 0.3) is 5.91 Å². The monoisotopic (exact) mass is 343 g/mol. The van der Waals surface area contributed by atoms with Gasteiger partial charge in [0.1, 0.15) is 6.33 Å². The van der Waals surface area contributed by atoms with E-state index in [4.69, 9.17) is 11.6 Å². The highest BCUT2D eigenvalue weighted by atomic mass is 35.5. The second-order valence-electron chi connectivity index (χ2n) is 5.04. The summed E-state index contributed by atoms with van der Waals surface area (Å²) in [6.07, 6.45) is 1.39. The summed E-state index contributed by atoms with van der Waals surface area (Å²) >= 11 is 6.02. The van der Waals surface area contributed by atoms with Crippen LogP contribution in [0.4, 0.5) is 0 Å². The molecule has 1 amide bonds. The third-order valence-electron chi connectivity index (χ3n) is 3.49. The van der Waals surface area contributed by atoms with Crippen molar-refractivity contribution in [1.82, 2.24) is 25.5 Å². The van der Waals surface area contributed by atoms with Gasteiger partial charge in [-0.15, -0.1) is 5.10 Å². The Morgan fingerprint density at radius 2 is 2.04 bits per heavy atom. The van der Waals surface area contributed by atoms with Crippen molar-refractivity contribution in [3.8, 4) is 5.69 Å². The van der Waals surface area contributed by atoms with Crippen LogP contribution >= 0.6 is 11.6 Å². The van der Waals surface area contributed by atoms with Crippen molar-refractivity contribution in [2.75, 3.05) is 6.61 Å². The van der Waals surface area contributed by atoms with Crippen LogP contribution < -0.4 is 5.32 Å². The quantitative estimate of drug-likeness (QED) is 0.736. The molecular weight excluding hydrogens is 330 g/mol. The van der Waals surface area contributed by atoms with Crippen LogP contribution in [0.25, 0.3) is 5.69 Å². The zero-order valence-electron chi connectivity index (χ0n) is 12.5. The van der Waals surface area contributed by atoms with Crippen LogP contribution in [0, 0.1) is 0 Å². The van der Waals surface area contributed by atoms with Crippen molar-refractivity contribution >= 4 is 17.5 Å². The van der Waals surface area contributed by atoms with Crippen LogP contribution in [-0.4, -0.2) is 37.8 Å². The number of carbonyl (C=O) groups is 1. The molecule has 122 valence electrons. The van der Waals surface area contributed by atoms with E-state index in [1.165, 1.54) is 17.1 Å². The fourth-order valence-electron chi connectivity index (χ4n) is 2.32. The van der Waals surface area contributed by atoms with Gasteiger partial charge in [0.2, 0.25) is 0 Å². The summed E-state index contributed by atoms with van der Waals surface area (Å²) in [4.78, 5) is 12.7. The van der Waals surface area contributed by atoms with Crippen LogP contribution in [0.1, 0.15) is 22.0 Å². The van der Waals surface area contributed by atoms with E-state index in [0.29, 0.717) is 16.3 Å². The highest BCUT2D eigenvalue weighted by molar-refractivity contribution is 6.31. The summed E-state index contributed by atoms with van der Waals surface area (Å²) in [5.41, 5.74) is 1.61. The number of benzene rings is 2. The second kappa shape index (κ2) is 7.20. The number of aliphatic hydroxyl groups is 1. The van der Waals surface area contributed by atoms with Crippen molar-refractivity contribution in [3.05, 3.63) is 71.0 Å². The second-order valence-corrected chi connectivity index (χ2v) is 5.47. The first kappa shape index (κ1) is 16.1. The summed E-state index contributed by atoms with van der Waals surface area (Å²) in [5.74, 6) is -0.383. The summed E-state index contributed by atoms with van der Waals surface area (Å²) in [6, 6.07) is 13.5. The van der Waals surface area contributed by atoms with Crippen molar-refractivity contribution in [2.24, 2.45) is 0 Å². The number of aromatic nitrogens is 4. The number of halogens is 1. The molecule has 24 heavy (non-hydrogen) atoms. The minimum atomic E-state index is -0.528. The Hall–Kier alpha value is -2.77. The zero-order chi connectivity index (χ0) is 16.9. The van der Waals surface area contributed by atoms with E-state index in [-0.39, 0.29) is 12.5 Å². The minimum Gasteiger partial charge on any atom is -0.394 e. The number of amides is 1. The number of aliphatic hydroxyl groups excluding tert-OH is 1. The lowest BCUT2D eigenvalue weighted by atomic mass is 10.1. The van der Waals surface area contributed by atoms with Gasteiger partial charge in [-0.3, -0.25) is 4.79 Å². The van der Waals surface area contributed by atoms with Crippen molar-refractivity contribution in [2.45, 2.75) is 6.04 Å². The fraction of sp³-hybridized carbons (Fsp3) is 0.125. The molecule has 7 nitrogen and oxygen atoms in total. The predicted octanol–water partition coefficient (Wildman–Crippen LogP) is 1.78. The Labute approximate surface area is 142 Å². The molecule has 3 aromatic rings. The van der Waals surface area contributed by atoms with Gasteiger partial charge in [-0.25, -0.2) is 0 Å². The number of nitrogens with zero attached hydrogens (tertiary/aromatic N) is 4. The lowest BCUT2D eigenvalue weighted by Gasteiger charge is -2.18. The van der Waals surface area contributed by atoms with E-state index < -0.39 is 6.04 Å². The van der Waals surface area contributed by atoms with Crippen molar-refractivity contribution < 1.29 is 9.90 Å². The molecule has 1 heterocycles. The number of carbonyl (C=O) groups excluding carboxylic acids is 1. The van der Waals surface area contributed by atoms with Gasteiger partial charge < -0.3 is 10.4 Å². The molecule has 0 saturated carbocycles. The Morgan fingerprint density at radius 1 is 1.25 bits per heavy atom. The van der Waals surface area contributed by atoms with E-state index in [0.717, 1.165) is 5.56 Å². The average Bonchev–Trinajstić information content (AvgIpc) is 3.14. The molecule has 2 aromatic carbocycles. The Morgan fingerprint density at radius 3 is 2.71 bits per heavy atom. The van der Waals surface area contributed by atoms with Crippen LogP contribution in [0.5, 0.6) is 0 Å². The third kappa shape index (κ3) is 3.42. The molecule has 1 atom stereocenters. The largest absolute Gasteiger partial charge is 0.394 e. The van der Waals surface area contributed by atoms with E-state index in [1.807, 2.05) is 30.3 Å². The first-order valence-electron chi connectivity index (χ1n) is 7.18. The maximum Gasteiger partial charge on any atom is 0.254 e. The first-order chi connectivity index (χ1) is 11.7. The molecule has 0 unspecified atom stereocenters. The molecule has 0 spiro atoms. The number of hydrogen-bond acceptors (Lipinski definition) is 5. The molecule has 0 bridgehead atoms. The van der Waals surface area contributed by atoms with Crippen LogP contribution in [-0.2, 0) is 0 Å². The standard InChI is InChI=1S/C16H14ClN5O2/c17-12-6-7-15(22-10-18-20-21-22)13(8-12)16(24)19-14(9-23)11-4-2-1-3-5-11/h1-8,10,14,23H,9H2,(H,19,24)/t14-/m1/s1. The van der Waals surface area contributed by atoms with Gasteiger partial charge in [-0.2, -0.15) is 4.68 Å². The topological polar surface area (TPSA) is 92.9 Å². The SMILES string of the molecule is O=C(N[C@H](CO)c1ccccc1)c1cc(Cl)ccc1-n1cnnn1. The number of tetrazole rings is 1. The van der Waals surface area contributed by atoms with Crippen molar-refractivity contribution in [1.29, 1.82) is 0 Å². The van der Waals surface area contributed by atoms with Gasteiger partial charge >= 0.3 is 0 Å². The predicted molar refractivity (Wildman–Crippen MR) is 87.9 cm³/mol. The lowest BCUT2D eigenvalue weighted by molar-refractivity contribution is 0.0916. The molecule has 2 N–H and O–H groups in total. The fourth-order valence-corrected chi connectivity index (χ4v) is 2.49. The van der Waals surface area contributed by atoms with Crippen LogP contribution in [0.3, 0.4) is 0 Å². The Kier molecular flexibility index (Phi) is 4.83. The molecule has 0 saturated heterocycles. The zero-order valence-corrected chi connectivity index (χ0v) is 13.3. The summed E-state index contributed by atoms with van der Waals surface area (Å²) < 4.78 is 1.38. The molecule has 0 fully saturated rings. The maximum absolute atomic E-state index is 12.7. The normalized spacial score (nSPS) is 11.9. The van der Waals surface area contributed by atoms with Crippen LogP contribution in [0.2, 0.25) is 5.02 Å². The summed E-state index contributed by atoms with van der Waals surface area (Å²) in [6.45, 7) is -0.226. The highest BCUT2D eigenvalue weighted by Crippen LogP contribution is 2.20.